The molecule has 0 aliphatic carbocycles. The van der Waals surface area contributed by atoms with Gasteiger partial charge in [-0.1, -0.05) is 0 Å². The molecule has 0 spiro atoms. The number of hydrogen-bond acceptors (Lipinski definition) is 5. The molecule has 0 saturated heterocycles. The molecule has 6 heteroatoms. The number of anilines is 1. The van der Waals surface area contributed by atoms with Crippen LogP contribution in [-0.2, 0) is 4.79 Å². The Morgan fingerprint density at radius 3 is 3.08 bits per heavy atom. The van der Waals surface area contributed by atoms with Crippen LogP contribution < -0.4 is 10.1 Å². The standard InChI is InChI=1S/C6H9N3O2S/c1-3-11-5-8-6(12-9-5)7-4(2)10/h3H2,1-2H3,(H,7,8,9,10). The molecule has 0 aliphatic rings. The van der Waals surface area contributed by atoms with Gasteiger partial charge in [-0.2, -0.15) is 4.98 Å². The molecule has 0 atom stereocenters. The van der Waals surface area contributed by atoms with Crippen molar-refractivity contribution in [2.45, 2.75) is 13.8 Å². The molecular formula is C6H9N3O2S. The lowest BCUT2D eigenvalue weighted by Gasteiger charge is -1.93. The van der Waals surface area contributed by atoms with Gasteiger partial charge in [-0.15, -0.1) is 4.37 Å². The zero-order valence-electron chi connectivity index (χ0n) is 6.83. The van der Waals surface area contributed by atoms with Crippen molar-refractivity contribution in [1.82, 2.24) is 9.36 Å². The maximum atomic E-state index is 10.6. The zero-order valence-corrected chi connectivity index (χ0v) is 7.64. The SMILES string of the molecule is CCOc1nsc(NC(C)=O)n1. The van der Waals surface area contributed by atoms with Crippen molar-refractivity contribution < 1.29 is 9.53 Å². The highest BCUT2D eigenvalue weighted by Crippen LogP contribution is 2.15. The minimum absolute atomic E-state index is 0.158. The number of aromatic nitrogens is 2. The van der Waals surface area contributed by atoms with Crippen LogP contribution in [0.3, 0.4) is 0 Å². The minimum atomic E-state index is -0.158. The molecule has 1 heterocycles. The van der Waals surface area contributed by atoms with Crippen molar-refractivity contribution in [3.05, 3.63) is 0 Å². The Kier molecular flexibility index (Phi) is 2.98. The van der Waals surface area contributed by atoms with E-state index in [4.69, 9.17) is 4.74 Å². The molecule has 0 aliphatic heterocycles. The fourth-order valence-electron chi connectivity index (χ4n) is 0.599. The fourth-order valence-corrected chi connectivity index (χ4v) is 1.17. The van der Waals surface area contributed by atoms with E-state index in [2.05, 4.69) is 14.7 Å². The van der Waals surface area contributed by atoms with Crippen molar-refractivity contribution in [2.75, 3.05) is 11.9 Å². The van der Waals surface area contributed by atoms with Crippen LogP contribution in [0.1, 0.15) is 13.8 Å². The van der Waals surface area contributed by atoms with Gasteiger partial charge in [-0.25, -0.2) is 0 Å². The second-order valence-corrected chi connectivity index (χ2v) is 2.75. The van der Waals surface area contributed by atoms with Gasteiger partial charge in [0.1, 0.15) is 0 Å². The summed E-state index contributed by atoms with van der Waals surface area (Å²) in [6.45, 7) is 3.79. The van der Waals surface area contributed by atoms with Gasteiger partial charge < -0.3 is 10.1 Å². The van der Waals surface area contributed by atoms with Crippen LogP contribution in [0.4, 0.5) is 5.13 Å². The molecule has 66 valence electrons. The monoisotopic (exact) mass is 187 g/mol. The maximum absolute atomic E-state index is 10.6. The average molecular weight is 187 g/mol. The van der Waals surface area contributed by atoms with Crippen LogP contribution in [0.2, 0.25) is 0 Å². The lowest BCUT2D eigenvalue weighted by molar-refractivity contribution is -0.114. The molecule has 5 nitrogen and oxygen atoms in total. The van der Waals surface area contributed by atoms with E-state index in [0.717, 1.165) is 11.5 Å². The summed E-state index contributed by atoms with van der Waals surface area (Å²) in [5.41, 5.74) is 0. The number of nitrogens with zero attached hydrogens (tertiary/aromatic N) is 2. The topological polar surface area (TPSA) is 64.1 Å². The van der Waals surface area contributed by atoms with Crippen LogP contribution >= 0.6 is 11.5 Å². The third-order valence-corrected chi connectivity index (χ3v) is 1.58. The lowest BCUT2D eigenvalue weighted by atomic mass is 10.7. The third-order valence-electron chi connectivity index (χ3n) is 0.964. The molecule has 1 amide bonds. The highest BCUT2D eigenvalue weighted by Gasteiger charge is 2.04. The van der Waals surface area contributed by atoms with Gasteiger partial charge in [0.25, 0.3) is 0 Å². The van der Waals surface area contributed by atoms with E-state index >= 15 is 0 Å². The van der Waals surface area contributed by atoms with Crippen LogP contribution in [0.15, 0.2) is 0 Å². The molecule has 0 aromatic carbocycles. The Morgan fingerprint density at radius 1 is 1.75 bits per heavy atom. The summed E-state index contributed by atoms with van der Waals surface area (Å²) in [5, 5.41) is 2.97. The number of rotatable bonds is 3. The largest absolute Gasteiger partial charge is 0.463 e. The van der Waals surface area contributed by atoms with Crippen molar-refractivity contribution in [3.8, 4) is 6.01 Å². The third kappa shape index (κ3) is 2.46. The molecule has 1 aromatic rings. The predicted molar refractivity (Wildman–Crippen MR) is 45.4 cm³/mol. The van der Waals surface area contributed by atoms with E-state index in [1.165, 1.54) is 6.92 Å². The highest BCUT2D eigenvalue weighted by atomic mass is 32.1. The Balaban J connectivity index is 2.58. The van der Waals surface area contributed by atoms with E-state index in [-0.39, 0.29) is 5.91 Å². The molecule has 1 aromatic heterocycles. The normalized spacial score (nSPS) is 9.50. The highest BCUT2D eigenvalue weighted by molar-refractivity contribution is 7.10. The van der Waals surface area contributed by atoms with Crippen LogP contribution in [0.25, 0.3) is 0 Å². The van der Waals surface area contributed by atoms with E-state index in [1.807, 2.05) is 6.92 Å². The average Bonchev–Trinajstić information content (AvgIpc) is 2.36. The van der Waals surface area contributed by atoms with Gasteiger partial charge in [-0.05, 0) is 6.92 Å². The number of ether oxygens (including phenoxy) is 1. The Morgan fingerprint density at radius 2 is 2.50 bits per heavy atom. The summed E-state index contributed by atoms with van der Waals surface area (Å²) in [6.07, 6.45) is 0. The number of nitrogens with one attached hydrogen (secondary N) is 1. The molecular weight excluding hydrogens is 178 g/mol. The van der Waals surface area contributed by atoms with Crippen molar-refractivity contribution in [1.29, 1.82) is 0 Å². The molecule has 12 heavy (non-hydrogen) atoms. The first-order valence-corrected chi connectivity index (χ1v) is 4.23. The van der Waals surface area contributed by atoms with Crippen LogP contribution in [-0.4, -0.2) is 21.9 Å². The van der Waals surface area contributed by atoms with E-state index < -0.39 is 0 Å². The first-order chi connectivity index (χ1) is 5.72. The summed E-state index contributed by atoms with van der Waals surface area (Å²) in [7, 11) is 0. The van der Waals surface area contributed by atoms with Crippen LogP contribution in [0.5, 0.6) is 6.01 Å². The van der Waals surface area contributed by atoms with Gasteiger partial charge in [0.2, 0.25) is 11.0 Å². The molecule has 0 saturated carbocycles. The number of amides is 1. The number of hydrogen-bond donors (Lipinski definition) is 1. The predicted octanol–water partition coefficient (Wildman–Crippen LogP) is 0.895. The first-order valence-electron chi connectivity index (χ1n) is 3.46. The van der Waals surface area contributed by atoms with Gasteiger partial charge >= 0.3 is 6.01 Å². The Labute approximate surface area is 73.9 Å². The second-order valence-electron chi connectivity index (χ2n) is 2.00. The summed E-state index contributed by atoms with van der Waals surface area (Å²) in [6, 6.07) is 0.311. The van der Waals surface area contributed by atoms with Gasteiger partial charge in [-0.3, -0.25) is 4.79 Å². The molecule has 0 bridgehead atoms. The molecule has 0 unspecified atom stereocenters. The number of carbonyl (C=O) groups excluding carboxylic acids is 1. The van der Waals surface area contributed by atoms with E-state index in [0.29, 0.717) is 17.7 Å². The van der Waals surface area contributed by atoms with Crippen LogP contribution in [0, 0.1) is 0 Å². The quantitative estimate of drug-likeness (QED) is 0.763. The maximum Gasteiger partial charge on any atom is 0.330 e. The fraction of sp³-hybridized carbons (Fsp3) is 0.500. The molecule has 0 fully saturated rings. The molecule has 1 rings (SSSR count). The summed E-state index contributed by atoms with van der Waals surface area (Å²) in [5.74, 6) is -0.158. The van der Waals surface area contributed by atoms with E-state index in [9.17, 15) is 4.79 Å². The zero-order chi connectivity index (χ0) is 8.97. The number of carbonyl (C=O) groups is 1. The van der Waals surface area contributed by atoms with Crippen molar-refractivity contribution in [3.63, 3.8) is 0 Å². The van der Waals surface area contributed by atoms with Crippen molar-refractivity contribution >= 4 is 22.6 Å². The molecule has 1 N–H and O–H groups in total. The lowest BCUT2D eigenvalue weighted by Crippen LogP contribution is -2.05. The summed E-state index contributed by atoms with van der Waals surface area (Å²) >= 11 is 1.10. The Bertz CT molecular complexity index is 274. The smallest absolute Gasteiger partial charge is 0.330 e. The Hall–Kier alpha value is -1.17. The summed E-state index contributed by atoms with van der Waals surface area (Å²) < 4.78 is 8.86. The van der Waals surface area contributed by atoms with E-state index in [1.54, 1.807) is 0 Å². The second kappa shape index (κ2) is 4.01. The van der Waals surface area contributed by atoms with Crippen molar-refractivity contribution in [2.24, 2.45) is 0 Å². The first kappa shape index (κ1) is 8.92. The molecule has 0 radical (unpaired) electrons. The van der Waals surface area contributed by atoms with Gasteiger partial charge in [0, 0.05) is 18.5 Å². The minimum Gasteiger partial charge on any atom is -0.463 e. The van der Waals surface area contributed by atoms with Gasteiger partial charge in [0.05, 0.1) is 6.61 Å². The van der Waals surface area contributed by atoms with Gasteiger partial charge in [0.15, 0.2) is 0 Å². The summed E-state index contributed by atoms with van der Waals surface area (Å²) in [4.78, 5) is 14.5.